The van der Waals surface area contributed by atoms with E-state index in [1.165, 1.54) is 6.08 Å². The van der Waals surface area contributed by atoms with Crippen molar-refractivity contribution < 1.29 is 44.5 Å². The first-order valence-corrected chi connectivity index (χ1v) is 6.91. The topological polar surface area (TPSA) is 138 Å². The minimum Gasteiger partial charge on any atom is -0.393 e. The fourth-order valence-corrected chi connectivity index (χ4v) is 2.31. The third-order valence-electron chi connectivity index (χ3n) is 3.68. The standard InChI is InChI=1S/C13H22O9/c1-2-3-19-11-8(16)9(7(15)4-20-11)22-12-10(17)13(18,5-14)6-21-12/h2,7-12,14-18H,1,3-6H2/t7-,8-,9?,10?,11+,12+,13+/m1/s1. The second-order valence-electron chi connectivity index (χ2n) is 5.37. The van der Waals surface area contributed by atoms with Gasteiger partial charge in [-0.1, -0.05) is 6.08 Å². The van der Waals surface area contributed by atoms with Gasteiger partial charge in [0, 0.05) is 0 Å². The smallest absolute Gasteiger partial charge is 0.187 e. The summed E-state index contributed by atoms with van der Waals surface area (Å²) in [5, 5.41) is 48.9. The maximum absolute atomic E-state index is 10.1. The van der Waals surface area contributed by atoms with Crippen LogP contribution in [0, 0.1) is 0 Å². The van der Waals surface area contributed by atoms with Crippen LogP contribution in [0.3, 0.4) is 0 Å². The summed E-state index contributed by atoms with van der Waals surface area (Å²) in [4.78, 5) is 0. The van der Waals surface area contributed by atoms with Gasteiger partial charge in [0.25, 0.3) is 0 Å². The lowest BCUT2D eigenvalue weighted by Crippen LogP contribution is -2.57. The molecule has 2 aliphatic rings. The quantitative estimate of drug-likeness (QED) is 0.326. The maximum Gasteiger partial charge on any atom is 0.187 e. The normalized spacial score (nSPS) is 45.9. The molecule has 2 unspecified atom stereocenters. The van der Waals surface area contributed by atoms with E-state index in [1.54, 1.807) is 0 Å². The molecule has 2 rings (SSSR count). The van der Waals surface area contributed by atoms with Gasteiger partial charge in [-0.25, -0.2) is 0 Å². The highest BCUT2D eigenvalue weighted by Gasteiger charge is 2.51. The number of hydrogen-bond acceptors (Lipinski definition) is 9. The molecule has 2 heterocycles. The van der Waals surface area contributed by atoms with E-state index in [1.807, 2.05) is 0 Å². The molecule has 7 atom stereocenters. The second-order valence-corrected chi connectivity index (χ2v) is 5.37. The first-order valence-electron chi connectivity index (χ1n) is 6.91. The van der Waals surface area contributed by atoms with E-state index in [4.69, 9.17) is 24.1 Å². The number of aliphatic hydroxyl groups excluding tert-OH is 4. The van der Waals surface area contributed by atoms with E-state index in [0.717, 1.165) is 0 Å². The van der Waals surface area contributed by atoms with Crippen molar-refractivity contribution in [2.75, 3.05) is 26.4 Å². The molecule has 0 bridgehead atoms. The number of aliphatic hydroxyl groups is 5. The van der Waals surface area contributed by atoms with Crippen molar-refractivity contribution >= 4 is 0 Å². The molecule has 22 heavy (non-hydrogen) atoms. The van der Waals surface area contributed by atoms with Crippen molar-refractivity contribution in [3.05, 3.63) is 12.7 Å². The van der Waals surface area contributed by atoms with E-state index in [0.29, 0.717) is 0 Å². The average Bonchev–Trinajstić information content (AvgIpc) is 2.79. The molecule has 0 aromatic heterocycles. The first kappa shape index (κ1) is 17.7. The van der Waals surface area contributed by atoms with Crippen molar-refractivity contribution in [1.82, 2.24) is 0 Å². The molecule has 128 valence electrons. The molecule has 5 N–H and O–H groups in total. The van der Waals surface area contributed by atoms with Crippen LogP contribution in [0.15, 0.2) is 12.7 Å². The Labute approximate surface area is 127 Å². The van der Waals surface area contributed by atoms with Gasteiger partial charge in [-0.15, -0.1) is 6.58 Å². The predicted molar refractivity (Wildman–Crippen MR) is 70.6 cm³/mol. The van der Waals surface area contributed by atoms with Crippen molar-refractivity contribution in [2.24, 2.45) is 0 Å². The lowest BCUT2D eigenvalue weighted by molar-refractivity contribution is -0.304. The molecule has 0 aromatic carbocycles. The summed E-state index contributed by atoms with van der Waals surface area (Å²) in [6, 6.07) is 0. The maximum atomic E-state index is 10.1. The van der Waals surface area contributed by atoms with E-state index in [9.17, 15) is 20.4 Å². The molecule has 0 saturated carbocycles. The lowest BCUT2D eigenvalue weighted by Gasteiger charge is -2.38. The highest BCUT2D eigenvalue weighted by atomic mass is 16.7. The predicted octanol–water partition coefficient (Wildman–Crippen LogP) is -2.91. The van der Waals surface area contributed by atoms with Crippen LogP contribution in [0.4, 0.5) is 0 Å². The zero-order valence-electron chi connectivity index (χ0n) is 11.9. The van der Waals surface area contributed by atoms with Crippen LogP contribution in [0.2, 0.25) is 0 Å². The first-order chi connectivity index (χ1) is 10.4. The lowest BCUT2D eigenvalue weighted by atomic mass is 10.0. The largest absolute Gasteiger partial charge is 0.393 e. The van der Waals surface area contributed by atoms with Crippen LogP contribution in [-0.2, 0) is 18.9 Å². The Morgan fingerprint density at radius 3 is 2.55 bits per heavy atom. The summed E-state index contributed by atoms with van der Waals surface area (Å²) in [5.41, 5.74) is -1.84. The van der Waals surface area contributed by atoms with Gasteiger partial charge >= 0.3 is 0 Å². The van der Waals surface area contributed by atoms with E-state index in [-0.39, 0.29) is 19.8 Å². The van der Waals surface area contributed by atoms with Gasteiger partial charge in [-0.05, 0) is 0 Å². The summed E-state index contributed by atoms with van der Waals surface area (Å²) >= 11 is 0. The SMILES string of the molecule is C=CCO[C@H]1OC[C@@H](O)C(O[C@@H]2OC[C@@](O)(CO)C2O)[C@H]1O. The summed E-state index contributed by atoms with van der Waals surface area (Å²) in [6.07, 6.45) is -6.02. The summed E-state index contributed by atoms with van der Waals surface area (Å²) in [7, 11) is 0. The molecule has 0 aromatic rings. The van der Waals surface area contributed by atoms with Gasteiger partial charge in [-0.2, -0.15) is 0 Å². The van der Waals surface area contributed by atoms with Gasteiger partial charge in [-0.3, -0.25) is 0 Å². The van der Waals surface area contributed by atoms with Crippen LogP contribution < -0.4 is 0 Å². The number of hydrogen-bond donors (Lipinski definition) is 5. The molecule has 0 amide bonds. The molecular weight excluding hydrogens is 300 g/mol. The third-order valence-corrected chi connectivity index (χ3v) is 3.68. The fourth-order valence-electron chi connectivity index (χ4n) is 2.31. The van der Waals surface area contributed by atoms with Gasteiger partial charge in [0.15, 0.2) is 12.6 Å². The molecule has 2 fully saturated rings. The van der Waals surface area contributed by atoms with Crippen molar-refractivity contribution in [2.45, 2.75) is 42.6 Å². The summed E-state index contributed by atoms with van der Waals surface area (Å²) < 4.78 is 20.8. The third kappa shape index (κ3) is 3.48. The minimum absolute atomic E-state index is 0.136. The second kappa shape index (κ2) is 7.30. The van der Waals surface area contributed by atoms with Crippen LogP contribution in [-0.4, -0.2) is 94.6 Å². The highest BCUT2D eigenvalue weighted by molar-refractivity contribution is 4.95. The van der Waals surface area contributed by atoms with E-state index in [2.05, 4.69) is 6.58 Å². The van der Waals surface area contributed by atoms with Crippen LogP contribution in [0.5, 0.6) is 0 Å². The molecule has 2 saturated heterocycles. The van der Waals surface area contributed by atoms with E-state index >= 15 is 0 Å². The summed E-state index contributed by atoms with van der Waals surface area (Å²) in [6.45, 7) is 2.43. The van der Waals surface area contributed by atoms with Gasteiger partial charge in [0.05, 0.1) is 26.4 Å². The van der Waals surface area contributed by atoms with Crippen LogP contribution in [0.25, 0.3) is 0 Å². The Kier molecular flexibility index (Phi) is 5.88. The monoisotopic (exact) mass is 322 g/mol. The van der Waals surface area contributed by atoms with Gasteiger partial charge in [0.1, 0.15) is 30.0 Å². The number of ether oxygens (including phenoxy) is 4. The molecule has 9 heteroatoms. The van der Waals surface area contributed by atoms with Crippen LogP contribution >= 0.6 is 0 Å². The molecule has 0 radical (unpaired) electrons. The number of rotatable bonds is 6. The van der Waals surface area contributed by atoms with Crippen molar-refractivity contribution in [3.8, 4) is 0 Å². The molecule has 9 nitrogen and oxygen atoms in total. The Morgan fingerprint density at radius 1 is 1.23 bits per heavy atom. The zero-order chi connectivity index (χ0) is 16.3. The van der Waals surface area contributed by atoms with Gasteiger partial charge < -0.3 is 44.5 Å². The van der Waals surface area contributed by atoms with Crippen molar-refractivity contribution in [3.63, 3.8) is 0 Å². The van der Waals surface area contributed by atoms with Gasteiger partial charge in [0.2, 0.25) is 0 Å². The molecule has 0 aliphatic carbocycles. The van der Waals surface area contributed by atoms with E-state index < -0.39 is 49.2 Å². The van der Waals surface area contributed by atoms with Crippen LogP contribution in [0.1, 0.15) is 0 Å². The minimum atomic E-state index is -1.84. The Morgan fingerprint density at radius 2 is 1.95 bits per heavy atom. The Bertz CT molecular complexity index is 379. The molecule has 0 spiro atoms. The van der Waals surface area contributed by atoms with Crippen molar-refractivity contribution in [1.29, 1.82) is 0 Å². The average molecular weight is 322 g/mol. The highest BCUT2D eigenvalue weighted by Crippen LogP contribution is 2.29. The fraction of sp³-hybridized carbons (Fsp3) is 0.846. The molecular formula is C13H22O9. The Balaban J connectivity index is 1.99. The Hall–Kier alpha value is -0.620. The zero-order valence-corrected chi connectivity index (χ0v) is 11.9. The molecule has 2 aliphatic heterocycles. The summed E-state index contributed by atoms with van der Waals surface area (Å²) in [5.74, 6) is 0.